The van der Waals surface area contributed by atoms with E-state index in [1.54, 1.807) is 6.08 Å². The number of hydrogen-bond donors (Lipinski definition) is 1. The smallest absolute Gasteiger partial charge is 0.248 e. The van der Waals surface area contributed by atoms with Crippen molar-refractivity contribution >= 4 is 17.8 Å². The average molecular weight is 295 g/mol. The molecule has 114 valence electrons. The lowest BCUT2D eigenvalue weighted by atomic mass is 9.95. The first-order valence-corrected chi connectivity index (χ1v) is 7.69. The number of hydrogen-bond acceptors (Lipinski definition) is 2. The Morgan fingerprint density at radius 1 is 1.27 bits per heavy atom. The lowest BCUT2D eigenvalue weighted by molar-refractivity contribution is -0.115. The second-order valence-electron chi connectivity index (χ2n) is 6.80. The van der Waals surface area contributed by atoms with Gasteiger partial charge in [0.05, 0.1) is 0 Å². The minimum atomic E-state index is -0.191. The molecule has 0 spiro atoms. The quantitative estimate of drug-likeness (QED) is 0.869. The van der Waals surface area contributed by atoms with Crippen LogP contribution in [-0.2, 0) is 9.59 Å². The molecule has 1 amide bonds. The molecule has 2 saturated carbocycles. The van der Waals surface area contributed by atoms with Gasteiger partial charge >= 0.3 is 0 Å². The Bertz CT molecular complexity index is 683. The second-order valence-corrected chi connectivity index (χ2v) is 6.80. The Morgan fingerprint density at radius 3 is 2.59 bits per heavy atom. The number of rotatable bonds is 3. The van der Waals surface area contributed by atoms with Crippen LogP contribution in [-0.4, -0.2) is 11.7 Å². The number of amides is 1. The van der Waals surface area contributed by atoms with Gasteiger partial charge in [0.1, 0.15) is 0 Å². The van der Waals surface area contributed by atoms with E-state index in [2.05, 4.69) is 19.2 Å². The van der Waals surface area contributed by atoms with Gasteiger partial charge in [-0.15, -0.1) is 0 Å². The molecular weight excluding hydrogens is 274 g/mol. The first kappa shape index (κ1) is 14.8. The van der Waals surface area contributed by atoms with Gasteiger partial charge in [-0.3, -0.25) is 9.59 Å². The molecule has 0 unspecified atom stereocenters. The highest BCUT2D eigenvalue weighted by Gasteiger charge is 2.65. The first-order valence-electron chi connectivity index (χ1n) is 7.69. The number of fused-ring (bicyclic) bond motifs is 1. The molecule has 3 rings (SSSR count). The van der Waals surface area contributed by atoms with E-state index in [4.69, 9.17) is 0 Å². The topological polar surface area (TPSA) is 46.2 Å². The van der Waals surface area contributed by atoms with Gasteiger partial charge in [0.2, 0.25) is 5.91 Å². The van der Waals surface area contributed by atoms with Crippen molar-refractivity contribution in [2.24, 2.45) is 17.3 Å². The van der Waals surface area contributed by atoms with Crippen LogP contribution in [0.5, 0.6) is 0 Å². The lowest BCUT2D eigenvalue weighted by Crippen LogP contribution is -2.23. The summed E-state index contributed by atoms with van der Waals surface area (Å²) in [7, 11) is 0. The Kier molecular flexibility index (Phi) is 3.51. The van der Waals surface area contributed by atoms with Crippen LogP contribution in [0.4, 0.5) is 0 Å². The van der Waals surface area contributed by atoms with Crippen LogP contribution in [0.3, 0.4) is 0 Å². The van der Waals surface area contributed by atoms with Crippen LogP contribution in [0, 0.1) is 17.3 Å². The van der Waals surface area contributed by atoms with Gasteiger partial charge in [-0.2, -0.15) is 0 Å². The van der Waals surface area contributed by atoms with Crippen molar-refractivity contribution in [3.63, 3.8) is 0 Å². The summed E-state index contributed by atoms with van der Waals surface area (Å²) in [5.74, 6) is 0.780. The normalized spacial score (nSPS) is 27.7. The van der Waals surface area contributed by atoms with Gasteiger partial charge in [0.25, 0.3) is 0 Å². The van der Waals surface area contributed by atoms with Crippen LogP contribution in [0.25, 0.3) is 6.08 Å². The summed E-state index contributed by atoms with van der Waals surface area (Å²) in [5.41, 5.74) is 2.72. The number of benzene rings is 1. The number of Topliss-reactive ketones (excluding diaryl/α,β-unsaturated/α-hetero) is 1. The number of nitrogens with one attached hydrogen (secondary N) is 1. The van der Waals surface area contributed by atoms with E-state index in [0.29, 0.717) is 24.0 Å². The molecule has 2 atom stereocenters. The summed E-state index contributed by atoms with van der Waals surface area (Å²) in [5, 5.41) is 2.85. The van der Waals surface area contributed by atoms with Crippen molar-refractivity contribution in [1.29, 1.82) is 0 Å². The van der Waals surface area contributed by atoms with Crippen LogP contribution in [0.15, 0.2) is 47.7 Å². The molecule has 2 aliphatic rings. The van der Waals surface area contributed by atoms with Crippen molar-refractivity contribution in [3.05, 3.63) is 53.2 Å². The maximum Gasteiger partial charge on any atom is 0.248 e. The first-order chi connectivity index (χ1) is 10.4. The van der Waals surface area contributed by atoms with Crippen molar-refractivity contribution in [2.75, 3.05) is 0 Å². The third kappa shape index (κ3) is 2.52. The predicted molar refractivity (Wildman–Crippen MR) is 86.7 cm³/mol. The monoisotopic (exact) mass is 295 g/mol. The SMILES string of the molecule is CC(NC(=O)C=Cc1ccccc1)=C1C(=O)C[C@H]2[C@H]1C2(C)C. The highest BCUT2D eigenvalue weighted by molar-refractivity contribution is 6.02. The fourth-order valence-corrected chi connectivity index (χ4v) is 3.65. The van der Waals surface area contributed by atoms with E-state index in [1.807, 2.05) is 37.3 Å². The number of ketones is 1. The maximum atomic E-state index is 12.1. The van der Waals surface area contributed by atoms with Gasteiger partial charge < -0.3 is 5.32 Å². The summed E-state index contributed by atoms with van der Waals surface area (Å²) in [6, 6.07) is 9.67. The molecule has 0 radical (unpaired) electrons. The molecule has 0 aliphatic heterocycles. The Balaban J connectivity index is 1.70. The number of carbonyl (C=O) groups excluding carboxylic acids is 2. The Labute approximate surface area is 131 Å². The highest BCUT2D eigenvalue weighted by Crippen LogP contribution is 2.68. The molecule has 1 aromatic carbocycles. The zero-order valence-electron chi connectivity index (χ0n) is 13.2. The third-order valence-corrected chi connectivity index (χ3v) is 5.01. The zero-order valence-corrected chi connectivity index (χ0v) is 13.2. The minimum absolute atomic E-state index is 0.191. The molecule has 22 heavy (non-hydrogen) atoms. The van der Waals surface area contributed by atoms with Crippen molar-refractivity contribution < 1.29 is 9.59 Å². The molecular formula is C19H21NO2. The Hall–Kier alpha value is -2.16. The fourth-order valence-electron chi connectivity index (χ4n) is 3.65. The lowest BCUT2D eigenvalue weighted by Gasteiger charge is -2.13. The molecule has 0 aromatic heterocycles. The predicted octanol–water partition coefficient (Wildman–Crippen LogP) is 3.34. The summed E-state index contributed by atoms with van der Waals surface area (Å²) >= 11 is 0. The van der Waals surface area contributed by atoms with E-state index < -0.39 is 0 Å². The Morgan fingerprint density at radius 2 is 1.95 bits per heavy atom. The van der Waals surface area contributed by atoms with Crippen molar-refractivity contribution in [1.82, 2.24) is 5.32 Å². The number of carbonyl (C=O) groups is 2. The van der Waals surface area contributed by atoms with Gasteiger partial charge in [-0.25, -0.2) is 0 Å². The fraction of sp³-hybridized carbons (Fsp3) is 0.368. The van der Waals surface area contributed by atoms with E-state index in [9.17, 15) is 9.59 Å². The molecule has 0 bridgehead atoms. The molecule has 1 N–H and O–H groups in total. The number of allylic oxidation sites excluding steroid dienone is 2. The molecule has 3 nitrogen and oxygen atoms in total. The molecule has 1 aromatic rings. The summed E-state index contributed by atoms with van der Waals surface area (Å²) in [6.07, 6.45) is 3.90. The molecule has 2 fully saturated rings. The molecule has 2 aliphatic carbocycles. The van der Waals surface area contributed by atoms with Gasteiger partial charge in [-0.1, -0.05) is 44.2 Å². The molecule has 0 heterocycles. The largest absolute Gasteiger partial charge is 0.326 e. The molecule has 3 heteroatoms. The molecule has 0 saturated heterocycles. The van der Waals surface area contributed by atoms with E-state index in [1.165, 1.54) is 6.08 Å². The van der Waals surface area contributed by atoms with Crippen LogP contribution >= 0.6 is 0 Å². The maximum absolute atomic E-state index is 12.1. The van der Waals surface area contributed by atoms with Gasteiger partial charge in [0.15, 0.2) is 5.78 Å². The van der Waals surface area contributed by atoms with Gasteiger partial charge in [0, 0.05) is 23.8 Å². The average Bonchev–Trinajstić information content (AvgIpc) is 2.84. The zero-order chi connectivity index (χ0) is 15.9. The van der Waals surface area contributed by atoms with Crippen LogP contribution in [0.1, 0.15) is 32.8 Å². The van der Waals surface area contributed by atoms with E-state index in [-0.39, 0.29) is 17.1 Å². The summed E-state index contributed by atoms with van der Waals surface area (Å²) < 4.78 is 0. The van der Waals surface area contributed by atoms with Crippen LogP contribution in [0.2, 0.25) is 0 Å². The van der Waals surface area contributed by atoms with E-state index >= 15 is 0 Å². The van der Waals surface area contributed by atoms with E-state index in [0.717, 1.165) is 11.1 Å². The van der Waals surface area contributed by atoms with Crippen LogP contribution < -0.4 is 5.32 Å². The third-order valence-electron chi connectivity index (χ3n) is 5.01. The minimum Gasteiger partial charge on any atom is -0.326 e. The van der Waals surface area contributed by atoms with Crippen molar-refractivity contribution in [3.8, 4) is 0 Å². The van der Waals surface area contributed by atoms with Gasteiger partial charge in [-0.05, 0) is 35.8 Å². The second kappa shape index (κ2) is 5.24. The highest BCUT2D eigenvalue weighted by atomic mass is 16.1. The van der Waals surface area contributed by atoms with Crippen molar-refractivity contribution in [2.45, 2.75) is 27.2 Å². The standard InChI is InChI=1S/C19H21NO2/c1-12(17-15(21)11-14-18(17)19(14,2)3)20-16(22)10-9-13-7-5-4-6-8-13/h4-10,14,18H,11H2,1-3H3,(H,20,22)/t14-,18+/m0/s1. The summed E-state index contributed by atoms with van der Waals surface area (Å²) in [4.78, 5) is 24.1. The summed E-state index contributed by atoms with van der Waals surface area (Å²) in [6.45, 7) is 6.22.